The zero-order chi connectivity index (χ0) is 11.6. The fraction of sp³-hybridized carbons (Fsp3) is 1.00. The Balaban J connectivity index is 3.54. The minimum Gasteiger partial charge on any atom is -0.376 e. The Morgan fingerprint density at radius 2 is 1.40 bits per heavy atom. The number of ether oxygens (including phenoxy) is 1. The van der Waals surface area contributed by atoms with Gasteiger partial charge in [0.25, 0.3) is 0 Å². The number of hydrogen-bond acceptors (Lipinski definition) is 1. The van der Waals surface area contributed by atoms with Gasteiger partial charge in [0.15, 0.2) is 0 Å². The fourth-order valence-corrected chi connectivity index (χ4v) is 1.96. The van der Waals surface area contributed by atoms with Crippen molar-refractivity contribution in [2.24, 2.45) is 0 Å². The summed E-state index contributed by atoms with van der Waals surface area (Å²) in [6, 6.07) is 0. The van der Waals surface area contributed by atoms with Crippen LogP contribution >= 0.6 is 0 Å². The maximum absolute atomic E-state index is 5.68. The van der Waals surface area contributed by atoms with E-state index in [1.54, 1.807) is 0 Å². The van der Waals surface area contributed by atoms with Crippen molar-refractivity contribution in [3.05, 3.63) is 0 Å². The molecule has 0 atom stereocenters. The second kappa shape index (κ2) is 9.17. The Morgan fingerprint density at radius 3 is 1.87 bits per heavy atom. The van der Waals surface area contributed by atoms with Crippen LogP contribution in [0.2, 0.25) is 0 Å². The molecule has 2 heteroatoms. The lowest BCUT2D eigenvalue weighted by atomic mass is 10.3. The summed E-state index contributed by atoms with van der Waals surface area (Å²) >= 11 is 0. The van der Waals surface area contributed by atoms with Crippen molar-refractivity contribution in [1.29, 1.82) is 0 Å². The van der Waals surface area contributed by atoms with Crippen LogP contribution in [0.5, 0.6) is 0 Å². The van der Waals surface area contributed by atoms with Crippen LogP contribution in [0.4, 0.5) is 0 Å². The molecule has 92 valence electrons. The minimum absolute atomic E-state index is 0.930. The SMILES string of the molecule is CCCCCOCC[N+](CC)(CC)CC. The number of quaternary nitrogens is 1. The summed E-state index contributed by atoms with van der Waals surface area (Å²) in [5.41, 5.74) is 0. The van der Waals surface area contributed by atoms with Crippen LogP contribution in [0.15, 0.2) is 0 Å². The molecule has 0 N–H and O–H groups in total. The van der Waals surface area contributed by atoms with Crippen molar-refractivity contribution >= 4 is 0 Å². The fourth-order valence-electron chi connectivity index (χ4n) is 1.96. The molecule has 0 heterocycles. The van der Waals surface area contributed by atoms with Gasteiger partial charge in [0, 0.05) is 6.61 Å². The molecule has 2 nitrogen and oxygen atoms in total. The molecule has 0 radical (unpaired) electrons. The van der Waals surface area contributed by atoms with Crippen molar-refractivity contribution in [2.75, 3.05) is 39.4 Å². The lowest BCUT2D eigenvalue weighted by Crippen LogP contribution is -2.49. The molecule has 0 aliphatic rings. The zero-order valence-electron chi connectivity index (χ0n) is 11.2. The smallest absolute Gasteiger partial charge is 0.102 e. The Labute approximate surface area is 96.2 Å². The quantitative estimate of drug-likeness (QED) is 0.403. The van der Waals surface area contributed by atoms with Crippen LogP contribution in [0.3, 0.4) is 0 Å². The lowest BCUT2D eigenvalue weighted by molar-refractivity contribution is -0.923. The summed E-state index contributed by atoms with van der Waals surface area (Å²) in [5, 5.41) is 0. The largest absolute Gasteiger partial charge is 0.376 e. The zero-order valence-corrected chi connectivity index (χ0v) is 11.2. The molecular formula is C13H30NO+. The normalized spacial score (nSPS) is 12.0. The second-order valence-corrected chi connectivity index (χ2v) is 4.33. The second-order valence-electron chi connectivity index (χ2n) is 4.33. The summed E-state index contributed by atoms with van der Waals surface area (Å²) in [7, 11) is 0. The molecule has 0 aliphatic heterocycles. The standard InChI is InChI=1S/C13H30NO/c1-5-9-10-12-15-13-11-14(6-2,7-3)8-4/h5-13H2,1-4H3/q+1. The molecule has 0 amide bonds. The van der Waals surface area contributed by atoms with Crippen LogP contribution in [0.1, 0.15) is 47.0 Å². The Morgan fingerprint density at radius 1 is 0.800 bits per heavy atom. The van der Waals surface area contributed by atoms with Crippen molar-refractivity contribution in [2.45, 2.75) is 47.0 Å². The average molecular weight is 216 g/mol. The monoisotopic (exact) mass is 216 g/mol. The molecule has 0 spiro atoms. The van der Waals surface area contributed by atoms with E-state index in [0.717, 1.165) is 13.2 Å². The van der Waals surface area contributed by atoms with E-state index in [9.17, 15) is 0 Å². The topological polar surface area (TPSA) is 9.23 Å². The van der Waals surface area contributed by atoms with E-state index in [-0.39, 0.29) is 0 Å². The molecule has 0 fully saturated rings. The van der Waals surface area contributed by atoms with Gasteiger partial charge in [-0.25, -0.2) is 0 Å². The number of rotatable bonds is 10. The molecule has 0 aliphatic carbocycles. The maximum atomic E-state index is 5.68. The van der Waals surface area contributed by atoms with E-state index in [2.05, 4.69) is 27.7 Å². The molecule has 0 bridgehead atoms. The first kappa shape index (κ1) is 14.9. The van der Waals surface area contributed by atoms with E-state index in [0.29, 0.717) is 0 Å². The third-order valence-electron chi connectivity index (χ3n) is 3.61. The Bertz CT molecular complexity index is 124. The van der Waals surface area contributed by atoms with Gasteiger partial charge in [0.2, 0.25) is 0 Å². The molecule has 0 aromatic carbocycles. The third kappa shape index (κ3) is 6.16. The number of nitrogens with zero attached hydrogens (tertiary/aromatic N) is 1. The number of hydrogen-bond donors (Lipinski definition) is 0. The predicted molar refractivity (Wildman–Crippen MR) is 67.1 cm³/mol. The van der Waals surface area contributed by atoms with E-state index in [4.69, 9.17) is 4.74 Å². The molecule has 0 aromatic rings. The van der Waals surface area contributed by atoms with Crippen molar-refractivity contribution in [1.82, 2.24) is 0 Å². The van der Waals surface area contributed by atoms with Gasteiger partial charge >= 0.3 is 0 Å². The van der Waals surface area contributed by atoms with Gasteiger partial charge in [-0.1, -0.05) is 19.8 Å². The van der Waals surface area contributed by atoms with E-state index < -0.39 is 0 Å². The third-order valence-corrected chi connectivity index (χ3v) is 3.61. The van der Waals surface area contributed by atoms with Gasteiger partial charge in [-0.15, -0.1) is 0 Å². The van der Waals surface area contributed by atoms with Gasteiger partial charge in [0.1, 0.15) is 6.54 Å². The van der Waals surface area contributed by atoms with Crippen LogP contribution in [0.25, 0.3) is 0 Å². The molecule has 0 unspecified atom stereocenters. The first-order valence-electron chi connectivity index (χ1n) is 6.67. The predicted octanol–water partition coefficient (Wildman–Crippen LogP) is 3.07. The van der Waals surface area contributed by atoms with Gasteiger partial charge in [-0.05, 0) is 27.2 Å². The van der Waals surface area contributed by atoms with Crippen LogP contribution in [0, 0.1) is 0 Å². The first-order valence-corrected chi connectivity index (χ1v) is 6.67. The maximum Gasteiger partial charge on any atom is 0.102 e. The molecule has 0 saturated carbocycles. The van der Waals surface area contributed by atoms with E-state index in [1.807, 2.05) is 0 Å². The summed E-state index contributed by atoms with van der Waals surface area (Å²) in [5.74, 6) is 0. The summed E-state index contributed by atoms with van der Waals surface area (Å²) in [4.78, 5) is 0. The van der Waals surface area contributed by atoms with Crippen LogP contribution in [-0.2, 0) is 4.74 Å². The van der Waals surface area contributed by atoms with Gasteiger partial charge in [-0.3, -0.25) is 0 Å². The number of likely N-dealkylation sites (N-methyl/N-ethyl adjacent to an activating group) is 1. The highest BCUT2D eigenvalue weighted by Gasteiger charge is 2.19. The Kier molecular flexibility index (Phi) is 9.12. The molecule has 15 heavy (non-hydrogen) atoms. The molecular weight excluding hydrogens is 186 g/mol. The van der Waals surface area contributed by atoms with Crippen molar-refractivity contribution < 1.29 is 9.22 Å². The van der Waals surface area contributed by atoms with E-state index >= 15 is 0 Å². The Hall–Kier alpha value is -0.0800. The highest BCUT2D eigenvalue weighted by Crippen LogP contribution is 2.05. The van der Waals surface area contributed by atoms with Crippen molar-refractivity contribution in [3.63, 3.8) is 0 Å². The lowest BCUT2D eigenvalue weighted by Gasteiger charge is -2.35. The molecule has 0 rings (SSSR count). The minimum atomic E-state index is 0.930. The highest BCUT2D eigenvalue weighted by molar-refractivity contribution is 4.40. The average Bonchev–Trinajstić information content (AvgIpc) is 2.29. The molecule has 0 aromatic heterocycles. The van der Waals surface area contributed by atoms with Crippen LogP contribution in [-0.4, -0.2) is 43.9 Å². The first-order chi connectivity index (χ1) is 7.24. The van der Waals surface area contributed by atoms with E-state index in [1.165, 1.54) is 49.9 Å². The van der Waals surface area contributed by atoms with Gasteiger partial charge in [-0.2, -0.15) is 0 Å². The summed E-state index contributed by atoms with van der Waals surface area (Å²) in [6.07, 6.45) is 3.80. The van der Waals surface area contributed by atoms with Gasteiger partial charge < -0.3 is 9.22 Å². The summed E-state index contributed by atoms with van der Waals surface area (Å²) in [6.45, 7) is 15.8. The molecule has 0 saturated heterocycles. The highest BCUT2D eigenvalue weighted by atomic mass is 16.5. The van der Waals surface area contributed by atoms with Crippen molar-refractivity contribution in [3.8, 4) is 0 Å². The summed E-state index contributed by atoms with van der Waals surface area (Å²) < 4.78 is 6.88. The van der Waals surface area contributed by atoms with Crippen LogP contribution < -0.4 is 0 Å². The van der Waals surface area contributed by atoms with Gasteiger partial charge in [0.05, 0.1) is 26.2 Å². The number of unbranched alkanes of at least 4 members (excludes halogenated alkanes) is 2.